The van der Waals surface area contributed by atoms with Crippen molar-refractivity contribution >= 4 is 15.9 Å². The number of sulfonamides is 1. The number of hydrogen-bond donors (Lipinski definition) is 1. The summed E-state index contributed by atoms with van der Waals surface area (Å²) in [5.74, 6) is -0.123. The number of nitrogens with zero attached hydrogens (tertiary/aromatic N) is 3. The number of aromatic nitrogens is 1. The van der Waals surface area contributed by atoms with Gasteiger partial charge in [-0.3, -0.25) is 14.7 Å². The van der Waals surface area contributed by atoms with Crippen LogP contribution in [-0.2, 0) is 16.6 Å². The van der Waals surface area contributed by atoms with Gasteiger partial charge < -0.3 is 4.90 Å². The minimum atomic E-state index is -3.58. The van der Waals surface area contributed by atoms with Gasteiger partial charge in [-0.15, -0.1) is 0 Å². The zero-order chi connectivity index (χ0) is 19.4. The second-order valence-electron chi connectivity index (χ2n) is 6.61. The number of benzene rings is 1. The third kappa shape index (κ3) is 4.52. The van der Waals surface area contributed by atoms with Gasteiger partial charge in [-0.2, -0.15) is 0 Å². The summed E-state index contributed by atoms with van der Waals surface area (Å²) in [5.41, 5.74) is 2.36. The molecule has 0 bridgehead atoms. The van der Waals surface area contributed by atoms with E-state index >= 15 is 0 Å². The number of carbonyl (C=O) groups is 1. The third-order valence-corrected chi connectivity index (χ3v) is 6.22. The number of nitrogens with one attached hydrogen (secondary N) is 1. The van der Waals surface area contributed by atoms with Gasteiger partial charge in [-0.1, -0.05) is 12.1 Å². The van der Waals surface area contributed by atoms with E-state index in [1.165, 1.54) is 19.2 Å². The molecule has 0 unspecified atom stereocenters. The Labute approximate surface area is 160 Å². The molecule has 1 fully saturated rings. The molecule has 3 rings (SSSR count). The topological polar surface area (TPSA) is 82.6 Å². The molecule has 1 aromatic heterocycles. The molecular weight excluding hydrogens is 364 g/mol. The lowest BCUT2D eigenvalue weighted by molar-refractivity contribution is 0.0627. The molecule has 1 aromatic carbocycles. The van der Waals surface area contributed by atoms with Gasteiger partial charge in [0, 0.05) is 50.7 Å². The van der Waals surface area contributed by atoms with Crippen LogP contribution in [0.4, 0.5) is 0 Å². The van der Waals surface area contributed by atoms with Crippen LogP contribution in [-0.4, -0.2) is 62.3 Å². The number of hydrogen-bond acceptors (Lipinski definition) is 5. The van der Waals surface area contributed by atoms with Crippen LogP contribution in [0.1, 0.15) is 21.5 Å². The number of pyridine rings is 1. The van der Waals surface area contributed by atoms with Crippen LogP contribution < -0.4 is 4.72 Å². The normalized spacial score (nSPS) is 15.7. The van der Waals surface area contributed by atoms with Crippen molar-refractivity contribution in [2.45, 2.75) is 18.4 Å². The summed E-state index contributed by atoms with van der Waals surface area (Å²) in [6.45, 7) is 5.40. The monoisotopic (exact) mass is 388 g/mol. The summed E-state index contributed by atoms with van der Waals surface area (Å²) >= 11 is 0. The summed E-state index contributed by atoms with van der Waals surface area (Å²) in [7, 11) is -2.22. The Morgan fingerprint density at radius 2 is 1.93 bits per heavy atom. The maximum Gasteiger partial charge on any atom is 0.254 e. The minimum Gasteiger partial charge on any atom is -0.336 e. The van der Waals surface area contributed by atoms with E-state index in [9.17, 15) is 13.2 Å². The van der Waals surface area contributed by atoms with Crippen LogP contribution in [0.15, 0.2) is 47.6 Å². The van der Waals surface area contributed by atoms with E-state index in [1.54, 1.807) is 17.2 Å². The number of piperazine rings is 1. The highest BCUT2D eigenvalue weighted by Gasteiger charge is 2.24. The Morgan fingerprint density at radius 3 is 2.56 bits per heavy atom. The lowest BCUT2D eigenvalue weighted by Gasteiger charge is -2.35. The highest BCUT2D eigenvalue weighted by molar-refractivity contribution is 7.89. The molecule has 144 valence electrons. The molecule has 1 aliphatic rings. The highest BCUT2D eigenvalue weighted by Crippen LogP contribution is 2.18. The SMILES string of the molecule is CNS(=O)(=O)c1ccc(C)c(C(=O)N2CCN(Cc3cccnc3)CC2)c1. The maximum absolute atomic E-state index is 12.9. The third-order valence-electron chi connectivity index (χ3n) is 4.81. The van der Waals surface area contributed by atoms with Crippen molar-refractivity contribution in [1.82, 2.24) is 19.5 Å². The van der Waals surface area contributed by atoms with Crippen LogP contribution in [0.5, 0.6) is 0 Å². The minimum absolute atomic E-state index is 0.106. The van der Waals surface area contributed by atoms with Gasteiger partial charge in [0.05, 0.1) is 4.90 Å². The molecule has 0 saturated carbocycles. The summed E-state index contributed by atoms with van der Waals surface area (Å²) in [6.07, 6.45) is 3.61. The quantitative estimate of drug-likeness (QED) is 0.834. The van der Waals surface area contributed by atoms with Gasteiger partial charge in [0.15, 0.2) is 0 Å². The van der Waals surface area contributed by atoms with Crippen molar-refractivity contribution in [3.8, 4) is 0 Å². The zero-order valence-electron chi connectivity index (χ0n) is 15.6. The molecule has 1 amide bonds. The number of rotatable bonds is 5. The van der Waals surface area contributed by atoms with Gasteiger partial charge in [-0.05, 0) is 43.3 Å². The standard InChI is InChI=1S/C19H24N4O3S/c1-15-5-6-17(27(25,26)20-2)12-18(15)19(24)23-10-8-22(9-11-23)14-16-4-3-7-21-13-16/h3-7,12-13,20H,8-11,14H2,1-2H3. The second-order valence-corrected chi connectivity index (χ2v) is 8.50. The van der Waals surface area contributed by atoms with Gasteiger partial charge >= 0.3 is 0 Å². The Balaban J connectivity index is 1.68. The summed E-state index contributed by atoms with van der Waals surface area (Å²) < 4.78 is 26.4. The smallest absolute Gasteiger partial charge is 0.254 e. The van der Waals surface area contributed by atoms with Gasteiger partial charge in [-0.25, -0.2) is 13.1 Å². The fourth-order valence-corrected chi connectivity index (χ4v) is 3.90. The average Bonchev–Trinajstić information content (AvgIpc) is 2.69. The first-order chi connectivity index (χ1) is 12.9. The van der Waals surface area contributed by atoms with Crippen LogP contribution in [0.3, 0.4) is 0 Å². The molecular formula is C19H24N4O3S. The second kappa shape index (κ2) is 8.16. The molecule has 1 aliphatic heterocycles. The van der Waals surface area contributed by atoms with E-state index < -0.39 is 10.0 Å². The highest BCUT2D eigenvalue weighted by atomic mass is 32.2. The van der Waals surface area contributed by atoms with Crippen LogP contribution in [0.2, 0.25) is 0 Å². The largest absolute Gasteiger partial charge is 0.336 e. The molecule has 0 spiro atoms. The molecule has 0 radical (unpaired) electrons. The molecule has 1 saturated heterocycles. The number of amides is 1. The van der Waals surface area contributed by atoms with Gasteiger partial charge in [0.25, 0.3) is 5.91 Å². The van der Waals surface area contributed by atoms with E-state index in [-0.39, 0.29) is 10.8 Å². The van der Waals surface area contributed by atoms with Crippen molar-refractivity contribution < 1.29 is 13.2 Å². The molecule has 0 aliphatic carbocycles. The van der Waals surface area contributed by atoms with Crippen molar-refractivity contribution in [1.29, 1.82) is 0 Å². The van der Waals surface area contributed by atoms with E-state index in [0.29, 0.717) is 18.7 Å². The van der Waals surface area contributed by atoms with Crippen molar-refractivity contribution in [3.63, 3.8) is 0 Å². The first kappa shape index (κ1) is 19.5. The fraction of sp³-hybridized carbons (Fsp3) is 0.368. The van der Waals surface area contributed by atoms with E-state index in [4.69, 9.17) is 0 Å². The van der Waals surface area contributed by atoms with Crippen molar-refractivity contribution in [2.24, 2.45) is 0 Å². The molecule has 2 aromatic rings. The Bertz CT molecular complexity index is 908. The Hall–Kier alpha value is -2.29. The van der Waals surface area contributed by atoms with Crippen LogP contribution in [0.25, 0.3) is 0 Å². The van der Waals surface area contributed by atoms with E-state index in [0.717, 1.165) is 30.8 Å². The maximum atomic E-state index is 12.9. The lowest BCUT2D eigenvalue weighted by Crippen LogP contribution is -2.48. The van der Waals surface area contributed by atoms with E-state index in [1.807, 2.05) is 25.3 Å². The lowest BCUT2D eigenvalue weighted by atomic mass is 10.1. The van der Waals surface area contributed by atoms with Crippen LogP contribution in [0, 0.1) is 6.92 Å². The van der Waals surface area contributed by atoms with Gasteiger partial charge in [0.1, 0.15) is 0 Å². The predicted octanol–water partition coefficient (Wildman–Crippen LogP) is 1.26. The molecule has 1 N–H and O–H groups in total. The predicted molar refractivity (Wildman–Crippen MR) is 103 cm³/mol. The molecule has 0 atom stereocenters. The summed E-state index contributed by atoms with van der Waals surface area (Å²) in [6, 6.07) is 8.62. The Kier molecular flexibility index (Phi) is 5.88. The summed E-state index contributed by atoms with van der Waals surface area (Å²) in [4.78, 5) is 21.3. The van der Waals surface area contributed by atoms with Crippen molar-refractivity contribution in [3.05, 3.63) is 59.4 Å². The summed E-state index contributed by atoms with van der Waals surface area (Å²) in [5, 5.41) is 0. The first-order valence-corrected chi connectivity index (χ1v) is 10.3. The fourth-order valence-electron chi connectivity index (χ4n) is 3.15. The average molecular weight is 388 g/mol. The molecule has 7 nitrogen and oxygen atoms in total. The van der Waals surface area contributed by atoms with Gasteiger partial charge in [0.2, 0.25) is 10.0 Å². The number of aryl methyl sites for hydroxylation is 1. The van der Waals surface area contributed by atoms with Crippen molar-refractivity contribution in [2.75, 3.05) is 33.2 Å². The van der Waals surface area contributed by atoms with E-state index in [2.05, 4.69) is 14.6 Å². The Morgan fingerprint density at radius 1 is 1.19 bits per heavy atom. The molecule has 8 heteroatoms. The molecule has 2 heterocycles. The molecule has 27 heavy (non-hydrogen) atoms. The van der Waals surface area contributed by atoms with Crippen LogP contribution >= 0.6 is 0 Å². The zero-order valence-corrected chi connectivity index (χ0v) is 16.4. The number of carbonyl (C=O) groups excluding carboxylic acids is 1. The first-order valence-electron chi connectivity index (χ1n) is 8.85.